The third-order valence-corrected chi connectivity index (χ3v) is 6.90. The number of rotatable bonds is 9. The minimum atomic E-state index is -1.08. The van der Waals surface area contributed by atoms with Crippen molar-refractivity contribution in [2.24, 2.45) is 5.41 Å². The Morgan fingerprint density at radius 3 is 2.47 bits per heavy atom. The maximum atomic E-state index is 13.1. The molecule has 32 heavy (non-hydrogen) atoms. The second kappa shape index (κ2) is 9.17. The van der Waals surface area contributed by atoms with Crippen LogP contribution in [0, 0.1) is 12.3 Å². The molecule has 0 spiro atoms. The van der Waals surface area contributed by atoms with E-state index in [-0.39, 0.29) is 12.2 Å². The molecule has 166 valence electrons. The lowest BCUT2D eigenvalue weighted by molar-refractivity contribution is -0.148. The van der Waals surface area contributed by atoms with Crippen LogP contribution in [0.2, 0.25) is 0 Å². The molecular weight excluding hydrogens is 424 g/mol. The van der Waals surface area contributed by atoms with Gasteiger partial charge in [0.05, 0.1) is 19.1 Å². The monoisotopic (exact) mass is 450 g/mol. The summed E-state index contributed by atoms with van der Waals surface area (Å²) in [4.78, 5) is 25.2. The van der Waals surface area contributed by atoms with Crippen LogP contribution in [0.5, 0.6) is 11.5 Å². The fourth-order valence-corrected chi connectivity index (χ4v) is 5.19. The van der Waals surface area contributed by atoms with E-state index >= 15 is 0 Å². The summed E-state index contributed by atoms with van der Waals surface area (Å²) in [5.41, 5.74) is 3.81. The van der Waals surface area contributed by atoms with E-state index in [4.69, 9.17) is 9.47 Å². The Bertz CT molecular complexity index is 1130. The standard InChI is InChI=1S/C26H26O5S/c1-17-4-3-5-18(10-17)8-9-31-24-11-19(6-7-23(24)30-2)22(27)14-26(25(28)29)12-20-15-32-16-21(20)13-26/h3-7,10-11,15-16H,8-9,12-14H2,1-2H3,(H,28,29). The highest BCUT2D eigenvalue weighted by atomic mass is 32.1. The summed E-state index contributed by atoms with van der Waals surface area (Å²) in [5, 5.41) is 13.9. The van der Waals surface area contributed by atoms with Crippen molar-refractivity contribution < 1.29 is 24.2 Å². The number of carboxylic acid groups (broad SMARTS) is 1. The molecule has 3 aromatic rings. The molecule has 0 bridgehead atoms. The molecule has 2 aromatic carbocycles. The van der Waals surface area contributed by atoms with Gasteiger partial charge in [-0.25, -0.2) is 0 Å². The SMILES string of the molecule is COc1ccc(C(=O)CC2(C(=O)O)Cc3cscc3C2)cc1OCCc1cccc(C)c1. The highest BCUT2D eigenvalue weighted by molar-refractivity contribution is 7.08. The number of methoxy groups -OCH3 is 1. The van der Waals surface area contributed by atoms with Crippen LogP contribution in [-0.2, 0) is 24.1 Å². The number of fused-ring (bicyclic) bond motifs is 1. The Hall–Kier alpha value is -3.12. The van der Waals surface area contributed by atoms with Gasteiger partial charge in [0.1, 0.15) is 0 Å². The number of aryl methyl sites for hydroxylation is 1. The van der Waals surface area contributed by atoms with Gasteiger partial charge in [-0.05, 0) is 65.4 Å². The lowest BCUT2D eigenvalue weighted by atomic mass is 9.79. The van der Waals surface area contributed by atoms with Crippen LogP contribution in [0.1, 0.15) is 39.0 Å². The third-order valence-electron chi connectivity index (χ3n) is 6.06. The number of benzene rings is 2. The third kappa shape index (κ3) is 4.55. The minimum absolute atomic E-state index is 0.0449. The molecule has 1 aliphatic rings. The molecule has 0 radical (unpaired) electrons. The maximum absolute atomic E-state index is 13.1. The number of Topliss-reactive ketones (excluding diaryl/α,β-unsaturated/α-hetero) is 1. The summed E-state index contributed by atoms with van der Waals surface area (Å²) in [6, 6.07) is 13.3. The van der Waals surface area contributed by atoms with Crippen molar-refractivity contribution >= 4 is 23.1 Å². The molecule has 1 N–H and O–H groups in total. The van der Waals surface area contributed by atoms with Crippen LogP contribution in [-0.4, -0.2) is 30.6 Å². The van der Waals surface area contributed by atoms with E-state index in [0.717, 1.165) is 17.5 Å². The number of aliphatic carboxylic acids is 1. The lowest BCUT2D eigenvalue weighted by Crippen LogP contribution is -2.34. The minimum Gasteiger partial charge on any atom is -0.493 e. The molecule has 0 unspecified atom stereocenters. The molecule has 1 aromatic heterocycles. The second-order valence-corrected chi connectivity index (χ2v) is 9.16. The topological polar surface area (TPSA) is 72.8 Å². The quantitative estimate of drug-likeness (QED) is 0.458. The van der Waals surface area contributed by atoms with Gasteiger partial charge in [-0.3, -0.25) is 9.59 Å². The van der Waals surface area contributed by atoms with E-state index in [1.54, 1.807) is 36.6 Å². The highest BCUT2D eigenvalue weighted by Gasteiger charge is 2.46. The highest BCUT2D eigenvalue weighted by Crippen LogP contribution is 2.42. The molecule has 0 saturated carbocycles. The Morgan fingerprint density at radius 1 is 1.06 bits per heavy atom. The van der Waals surface area contributed by atoms with Crippen LogP contribution in [0.25, 0.3) is 0 Å². The first kappa shape index (κ1) is 22.1. The molecule has 6 heteroatoms. The molecule has 0 fully saturated rings. The predicted octanol–water partition coefficient (Wildman–Crippen LogP) is 5.13. The Labute approximate surface area is 191 Å². The molecule has 0 saturated heterocycles. The van der Waals surface area contributed by atoms with E-state index in [1.165, 1.54) is 11.1 Å². The van der Waals surface area contributed by atoms with Gasteiger partial charge in [-0.2, -0.15) is 11.3 Å². The van der Waals surface area contributed by atoms with E-state index in [2.05, 4.69) is 25.1 Å². The molecule has 4 rings (SSSR count). The fraction of sp³-hybridized carbons (Fsp3) is 0.308. The zero-order valence-electron chi connectivity index (χ0n) is 18.2. The van der Waals surface area contributed by atoms with Crippen LogP contribution in [0.15, 0.2) is 53.2 Å². The van der Waals surface area contributed by atoms with Crippen LogP contribution in [0.3, 0.4) is 0 Å². The van der Waals surface area contributed by atoms with Gasteiger partial charge in [0, 0.05) is 18.4 Å². The summed E-state index contributed by atoms with van der Waals surface area (Å²) in [6.45, 7) is 2.49. The predicted molar refractivity (Wildman–Crippen MR) is 124 cm³/mol. The van der Waals surface area contributed by atoms with E-state index in [0.29, 0.717) is 36.5 Å². The Morgan fingerprint density at radius 2 is 1.81 bits per heavy atom. The first-order valence-corrected chi connectivity index (χ1v) is 11.5. The average molecular weight is 451 g/mol. The molecule has 0 amide bonds. The summed E-state index contributed by atoms with van der Waals surface area (Å²) < 4.78 is 11.3. The van der Waals surface area contributed by atoms with Gasteiger partial charge in [0.2, 0.25) is 0 Å². The van der Waals surface area contributed by atoms with Gasteiger partial charge in [0.15, 0.2) is 17.3 Å². The van der Waals surface area contributed by atoms with Crippen molar-refractivity contribution in [3.05, 3.63) is 81.0 Å². The number of hydrogen-bond acceptors (Lipinski definition) is 5. The first-order valence-electron chi connectivity index (χ1n) is 10.6. The summed E-state index contributed by atoms with van der Waals surface area (Å²) in [6.07, 6.45) is 1.47. The van der Waals surface area contributed by atoms with Gasteiger partial charge < -0.3 is 14.6 Å². The number of ketones is 1. The molecule has 0 aliphatic heterocycles. The van der Waals surface area contributed by atoms with Crippen molar-refractivity contribution in [3.63, 3.8) is 0 Å². The van der Waals surface area contributed by atoms with Crippen LogP contribution in [0.4, 0.5) is 0 Å². The molecular formula is C26H26O5S. The van der Waals surface area contributed by atoms with E-state index in [1.807, 2.05) is 16.8 Å². The normalized spacial score (nSPS) is 14.1. The van der Waals surface area contributed by atoms with Gasteiger partial charge in [-0.15, -0.1) is 0 Å². The lowest BCUT2D eigenvalue weighted by Gasteiger charge is -2.23. The number of thiophene rings is 1. The second-order valence-electron chi connectivity index (χ2n) is 8.41. The smallest absolute Gasteiger partial charge is 0.310 e. The maximum Gasteiger partial charge on any atom is 0.310 e. The van der Waals surface area contributed by atoms with E-state index in [9.17, 15) is 14.7 Å². The summed E-state index contributed by atoms with van der Waals surface area (Å²) in [5.74, 6) is -0.0930. The zero-order valence-corrected chi connectivity index (χ0v) is 19.0. The average Bonchev–Trinajstić information content (AvgIpc) is 3.34. The van der Waals surface area contributed by atoms with Crippen molar-refractivity contribution in [1.82, 2.24) is 0 Å². The van der Waals surface area contributed by atoms with Gasteiger partial charge in [0.25, 0.3) is 0 Å². The van der Waals surface area contributed by atoms with Crippen LogP contribution < -0.4 is 9.47 Å². The largest absolute Gasteiger partial charge is 0.493 e. The Kier molecular flexibility index (Phi) is 6.33. The Balaban J connectivity index is 1.48. The van der Waals surface area contributed by atoms with Crippen molar-refractivity contribution in [2.45, 2.75) is 32.6 Å². The van der Waals surface area contributed by atoms with Crippen LogP contribution >= 0.6 is 11.3 Å². The number of hydrogen-bond donors (Lipinski definition) is 1. The number of carboxylic acids is 1. The molecule has 0 atom stereocenters. The first-order chi connectivity index (χ1) is 15.4. The summed E-state index contributed by atoms with van der Waals surface area (Å²) in [7, 11) is 1.56. The van der Waals surface area contributed by atoms with Gasteiger partial charge in [-0.1, -0.05) is 29.8 Å². The zero-order chi connectivity index (χ0) is 22.7. The summed E-state index contributed by atoms with van der Waals surface area (Å²) >= 11 is 1.57. The van der Waals surface area contributed by atoms with E-state index < -0.39 is 11.4 Å². The number of carbonyl (C=O) groups is 2. The fourth-order valence-electron chi connectivity index (χ4n) is 4.32. The van der Waals surface area contributed by atoms with Gasteiger partial charge >= 0.3 is 5.97 Å². The number of carbonyl (C=O) groups excluding carboxylic acids is 1. The number of ether oxygens (including phenoxy) is 2. The van der Waals surface area contributed by atoms with Crippen molar-refractivity contribution in [3.8, 4) is 11.5 Å². The molecule has 1 heterocycles. The van der Waals surface area contributed by atoms with Crippen molar-refractivity contribution in [2.75, 3.05) is 13.7 Å². The molecule has 5 nitrogen and oxygen atoms in total. The van der Waals surface area contributed by atoms with Crippen molar-refractivity contribution in [1.29, 1.82) is 0 Å². The molecule has 1 aliphatic carbocycles.